The van der Waals surface area contributed by atoms with Crippen LogP contribution in [-0.2, 0) is 4.79 Å². The van der Waals surface area contributed by atoms with Crippen LogP contribution < -0.4 is 20.1 Å². The number of nitrogens with one attached hydrogen (secondary N) is 2. The van der Waals surface area contributed by atoms with Gasteiger partial charge in [-0.1, -0.05) is 25.4 Å². The minimum absolute atomic E-state index is 0.0664. The van der Waals surface area contributed by atoms with E-state index in [2.05, 4.69) is 24.5 Å². The van der Waals surface area contributed by atoms with Crippen LogP contribution in [0.25, 0.3) is 0 Å². The molecule has 0 saturated carbocycles. The highest BCUT2D eigenvalue weighted by Crippen LogP contribution is 2.38. The lowest BCUT2D eigenvalue weighted by molar-refractivity contribution is -0.121. The molecule has 0 radical (unpaired) electrons. The maximum atomic E-state index is 12.6. The van der Waals surface area contributed by atoms with E-state index >= 15 is 0 Å². The van der Waals surface area contributed by atoms with Crippen molar-refractivity contribution in [1.29, 1.82) is 0 Å². The van der Waals surface area contributed by atoms with E-state index in [0.29, 0.717) is 35.4 Å². The first-order chi connectivity index (χ1) is 10.5. The average molecular weight is 325 g/mol. The first-order valence-electron chi connectivity index (χ1n) is 7.61. The van der Waals surface area contributed by atoms with Gasteiger partial charge in [0.05, 0.1) is 16.8 Å². The molecule has 1 unspecified atom stereocenters. The third kappa shape index (κ3) is 3.01. The van der Waals surface area contributed by atoms with E-state index in [1.54, 1.807) is 12.1 Å². The second-order valence-corrected chi connectivity index (χ2v) is 6.85. The van der Waals surface area contributed by atoms with Gasteiger partial charge in [-0.3, -0.25) is 4.79 Å². The molecule has 5 nitrogen and oxygen atoms in total. The molecule has 3 rings (SSSR count). The van der Waals surface area contributed by atoms with Crippen LogP contribution in [-0.4, -0.2) is 31.7 Å². The number of carbonyl (C=O) groups excluding carboxylic acids is 1. The number of amides is 1. The molecular formula is C16H21ClN2O3. The summed E-state index contributed by atoms with van der Waals surface area (Å²) < 4.78 is 11.0. The lowest BCUT2D eigenvalue weighted by Gasteiger charge is -2.38. The Morgan fingerprint density at radius 1 is 1.32 bits per heavy atom. The summed E-state index contributed by atoms with van der Waals surface area (Å²) in [5.41, 5.74) is 0.474. The zero-order chi connectivity index (χ0) is 15.7. The third-order valence-corrected chi connectivity index (χ3v) is 4.59. The molecule has 1 saturated heterocycles. The van der Waals surface area contributed by atoms with Crippen molar-refractivity contribution in [3.05, 3.63) is 17.2 Å². The highest BCUT2D eigenvalue weighted by atomic mass is 35.5. The van der Waals surface area contributed by atoms with Crippen LogP contribution in [0.15, 0.2) is 12.1 Å². The first-order valence-corrected chi connectivity index (χ1v) is 7.98. The number of hydrogen-bond acceptors (Lipinski definition) is 4. The molecule has 0 aromatic heterocycles. The van der Waals surface area contributed by atoms with Crippen LogP contribution in [0.4, 0.5) is 5.69 Å². The molecule has 22 heavy (non-hydrogen) atoms. The van der Waals surface area contributed by atoms with Crippen LogP contribution in [0.2, 0.25) is 5.02 Å². The van der Waals surface area contributed by atoms with Crippen molar-refractivity contribution in [3.63, 3.8) is 0 Å². The van der Waals surface area contributed by atoms with Crippen molar-refractivity contribution >= 4 is 23.2 Å². The number of ether oxygens (including phenoxy) is 2. The Labute approximate surface area is 135 Å². The number of fused-ring (bicyclic) bond motifs is 1. The fourth-order valence-electron chi connectivity index (χ4n) is 3.02. The van der Waals surface area contributed by atoms with Crippen molar-refractivity contribution in [1.82, 2.24) is 5.32 Å². The molecule has 6 heteroatoms. The van der Waals surface area contributed by atoms with Gasteiger partial charge in [0.1, 0.15) is 13.2 Å². The molecule has 0 bridgehead atoms. The van der Waals surface area contributed by atoms with Crippen molar-refractivity contribution in [2.45, 2.75) is 32.7 Å². The van der Waals surface area contributed by atoms with Gasteiger partial charge in [-0.05, 0) is 24.8 Å². The number of carbonyl (C=O) groups is 1. The summed E-state index contributed by atoms with van der Waals surface area (Å²) in [5.74, 6) is 1.16. The minimum atomic E-state index is -0.231. The number of halogens is 1. The number of rotatable bonds is 2. The Morgan fingerprint density at radius 2 is 2.00 bits per heavy atom. The fraction of sp³-hybridized carbons (Fsp3) is 0.562. The molecule has 2 aliphatic rings. The standard InChI is InChI=1S/C16H21ClN2O3/c1-16(2)4-3-5-18-14(16)15(20)19-11-9-13-12(8-10(11)17)21-6-7-22-13/h8-9,14,18H,3-7H2,1-2H3,(H,19,20). The molecule has 0 aliphatic carbocycles. The number of anilines is 1. The Bertz CT molecular complexity index is 589. The number of piperidine rings is 1. The zero-order valence-corrected chi connectivity index (χ0v) is 13.6. The van der Waals surface area contributed by atoms with E-state index in [-0.39, 0.29) is 17.4 Å². The normalized spacial score (nSPS) is 23.0. The maximum absolute atomic E-state index is 12.6. The van der Waals surface area contributed by atoms with Gasteiger partial charge >= 0.3 is 0 Å². The lowest BCUT2D eigenvalue weighted by atomic mass is 9.77. The summed E-state index contributed by atoms with van der Waals surface area (Å²) in [6.07, 6.45) is 2.11. The molecular weight excluding hydrogens is 304 g/mol. The van der Waals surface area contributed by atoms with E-state index in [9.17, 15) is 4.79 Å². The van der Waals surface area contributed by atoms with Gasteiger partial charge in [0.25, 0.3) is 0 Å². The van der Waals surface area contributed by atoms with Gasteiger partial charge in [0, 0.05) is 12.1 Å². The van der Waals surface area contributed by atoms with E-state index < -0.39 is 0 Å². The molecule has 2 N–H and O–H groups in total. The number of hydrogen-bond donors (Lipinski definition) is 2. The van der Waals surface area contributed by atoms with Crippen LogP contribution >= 0.6 is 11.6 Å². The second kappa shape index (κ2) is 5.97. The largest absolute Gasteiger partial charge is 0.486 e. The van der Waals surface area contributed by atoms with Gasteiger partial charge < -0.3 is 20.1 Å². The van der Waals surface area contributed by atoms with Crippen LogP contribution in [0.3, 0.4) is 0 Å². The lowest BCUT2D eigenvalue weighted by Crippen LogP contribution is -2.53. The van der Waals surface area contributed by atoms with E-state index in [0.717, 1.165) is 19.4 Å². The van der Waals surface area contributed by atoms with E-state index in [4.69, 9.17) is 21.1 Å². The van der Waals surface area contributed by atoms with Crippen molar-refractivity contribution in [2.24, 2.45) is 5.41 Å². The molecule has 2 aliphatic heterocycles. The van der Waals surface area contributed by atoms with Gasteiger partial charge in [-0.25, -0.2) is 0 Å². The highest BCUT2D eigenvalue weighted by Gasteiger charge is 2.37. The van der Waals surface area contributed by atoms with Crippen LogP contribution in [0, 0.1) is 5.41 Å². The Hall–Kier alpha value is -1.46. The zero-order valence-electron chi connectivity index (χ0n) is 12.9. The smallest absolute Gasteiger partial charge is 0.242 e. The quantitative estimate of drug-likeness (QED) is 0.878. The van der Waals surface area contributed by atoms with Crippen LogP contribution in [0.1, 0.15) is 26.7 Å². The van der Waals surface area contributed by atoms with Crippen molar-refractivity contribution in [2.75, 3.05) is 25.1 Å². The minimum Gasteiger partial charge on any atom is -0.486 e. The summed E-state index contributed by atoms with van der Waals surface area (Å²) in [6, 6.07) is 3.18. The van der Waals surface area contributed by atoms with Crippen LogP contribution in [0.5, 0.6) is 11.5 Å². The Kier molecular flexibility index (Phi) is 4.19. The summed E-state index contributed by atoms with van der Waals surface area (Å²) in [5, 5.41) is 6.67. The van der Waals surface area contributed by atoms with E-state index in [1.165, 1.54) is 0 Å². The summed E-state index contributed by atoms with van der Waals surface area (Å²) in [7, 11) is 0. The Morgan fingerprint density at radius 3 is 2.68 bits per heavy atom. The molecule has 1 amide bonds. The summed E-state index contributed by atoms with van der Waals surface area (Å²) in [4.78, 5) is 12.6. The van der Waals surface area contributed by atoms with Crippen molar-refractivity contribution < 1.29 is 14.3 Å². The van der Waals surface area contributed by atoms with Gasteiger partial charge in [0.15, 0.2) is 11.5 Å². The predicted octanol–water partition coefficient (Wildman–Crippen LogP) is 2.83. The molecule has 1 atom stereocenters. The average Bonchev–Trinajstić information content (AvgIpc) is 2.47. The number of benzene rings is 1. The van der Waals surface area contributed by atoms with Crippen molar-refractivity contribution in [3.8, 4) is 11.5 Å². The monoisotopic (exact) mass is 324 g/mol. The molecule has 0 spiro atoms. The fourth-order valence-corrected chi connectivity index (χ4v) is 3.22. The maximum Gasteiger partial charge on any atom is 0.242 e. The highest BCUT2D eigenvalue weighted by molar-refractivity contribution is 6.34. The molecule has 120 valence electrons. The first kappa shape index (κ1) is 15.4. The second-order valence-electron chi connectivity index (χ2n) is 6.44. The molecule has 1 aromatic carbocycles. The predicted molar refractivity (Wildman–Crippen MR) is 85.9 cm³/mol. The van der Waals surface area contributed by atoms with Gasteiger partial charge in [0.2, 0.25) is 5.91 Å². The SMILES string of the molecule is CC1(C)CCCNC1C(=O)Nc1cc2c(cc1Cl)OCCO2. The van der Waals surface area contributed by atoms with Gasteiger partial charge in [-0.15, -0.1) is 0 Å². The van der Waals surface area contributed by atoms with Gasteiger partial charge in [-0.2, -0.15) is 0 Å². The molecule has 2 heterocycles. The van der Waals surface area contributed by atoms with E-state index in [1.807, 2.05) is 0 Å². The third-order valence-electron chi connectivity index (χ3n) is 4.28. The summed E-state index contributed by atoms with van der Waals surface area (Å²) >= 11 is 6.24. The topological polar surface area (TPSA) is 59.6 Å². The molecule has 1 fully saturated rings. The Balaban J connectivity index is 1.79. The summed E-state index contributed by atoms with van der Waals surface area (Å²) in [6.45, 7) is 6.08. The molecule has 1 aromatic rings.